The quantitative estimate of drug-likeness (QED) is 0.908. The number of ether oxygens (including phenoxy) is 1. The van der Waals surface area contributed by atoms with Crippen LogP contribution in [0, 0.1) is 0 Å². The number of morpholine rings is 1. The average molecular weight is 304 g/mol. The number of carbonyl (C=O) groups is 1. The average Bonchev–Trinajstić information content (AvgIpc) is 2.57. The fourth-order valence-electron chi connectivity index (χ4n) is 3.10. The third kappa shape index (κ3) is 4.18. The van der Waals surface area contributed by atoms with Crippen molar-refractivity contribution in [2.24, 2.45) is 0 Å². The van der Waals surface area contributed by atoms with E-state index in [9.17, 15) is 4.79 Å². The van der Waals surface area contributed by atoms with E-state index in [4.69, 9.17) is 4.74 Å². The summed E-state index contributed by atoms with van der Waals surface area (Å²) >= 11 is 0. The van der Waals surface area contributed by atoms with Gasteiger partial charge in [-0.15, -0.1) is 0 Å². The van der Waals surface area contributed by atoms with Crippen LogP contribution in [0.5, 0.6) is 0 Å². The second-order valence-corrected chi connectivity index (χ2v) is 5.98. The van der Waals surface area contributed by atoms with Crippen LogP contribution in [0.4, 0.5) is 4.79 Å². The largest absolute Gasteiger partial charge is 0.378 e. The first-order chi connectivity index (χ1) is 10.8. The van der Waals surface area contributed by atoms with E-state index in [0.717, 1.165) is 32.5 Å². The highest BCUT2D eigenvalue weighted by Crippen LogP contribution is 2.13. The van der Waals surface area contributed by atoms with Gasteiger partial charge < -0.3 is 15.0 Å². The zero-order valence-electron chi connectivity index (χ0n) is 12.9. The maximum Gasteiger partial charge on any atom is 0.317 e. The maximum atomic E-state index is 12.3. The summed E-state index contributed by atoms with van der Waals surface area (Å²) in [6.45, 7) is 5.56. The van der Waals surface area contributed by atoms with E-state index in [2.05, 4.69) is 21.3 Å². The van der Waals surface area contributed by atoms with Crippen molar-refractivity contribution in [2.45, 2.75) is 25.4 Å². The number of aromatic nitrogens is 1. The number of carbonyl (C=O) groups excluding carboxylic acids is 1. The van der Waals surface area contributed by atoms with Crippen molar-refractivity contribution in [1.82, 2.24) is 20.1 Å². The van der Waals surface area contributed by atoms with E-state index in [1.165, 1.54) is 5.56 Å². The summed E-state index contributed by atoms with van der Waals surface area (Å²) in [5.74, 6) is 0. The Morgan fingerprint density at radius 3 is 3.00 bits per heavy atom. The van der Waals surface area contributed by atoms with Crippen LogP contribution in [0.15, 0.2) is 24.5 Å². The monoisotopic (exact) mass is 304 g/mol. The number of nitrogens with one attached hydrogen (secondary N) is 1. The molecule has 0 unspecified atom stereocenters. The molecule has 0 aliphatic carbocycles. The molecule has 0 spiro atoms. The summed E-state index contributed by atoms with van der Waals surface area (Å²) in [5, 5.41) is 3.18. The Hall–Kier alpha value is -1.66. The van der Waals surface area contributed by atoms with Crippen molar-refractivity contribution in [3.63, 3.8) is 0 Å². The van der Waals surface area contributed by atoms with Crippen molar-refractivity contribution in [3.05, 3.63) is 30.1 Å². The van der Waals surface area contributed by atoms with Crippen LogP contribution in [-0.4, -0.2) is 66.2 Å². The predicted molar refractivity (Wildman–Crippen MR) is 83.5 cm³/mol. The second-order valence-electron chi connectivity index (χ2n) is 5.98. The molecule has 1 N–H and O–H groups in total. The number of hydrogen-bond donors (Lipinski definition) is 1. The minimum atomic E-state index is 0.0523. The first kappa shape index (κ1) is 15.2. The van der Waals surface area contributed by atoms with Gasteiger partial charge in [0.2, 0.25) is 0 Å². The van der Waals surface area contributed by atoms with Gasteiger partial charge in [0.15, 0.2) is 0 Å². The Bertz CT molecular complexity index is 476. The number of rotatable bonds is 3. The third-order valence-electron chi connectivity index (χ3n) is 4.26. The first-order valence-electron chi connectivity index (χ1n) is 8.06. The summed E-state index contributed by atoms with van der Waals surface area (Å²) in [5.41, 5.74) is 1.22. The highest BCUT2D eigenvalue weighted by molar-refractivity contribution is 5.74. The summed E-state index contributed by atoms with van der Waals surface area (Å²) in [4.78, 5) is 20.7. The lowest BCUT2D eigenvalue weighted by Crippen LogP contribution is -2.53. The van der Waals surface area contributed by atoms with Crippen LogP contribution >= 0.6 is 0 Å². The highest BCUT2D eigenvalue weighted by atomic mass is 16.5. The van der Waals surface area contributed by atoms with E-state index in [0.29, 0.717) is 26.3 Å². The smallest absolute Gasteiger partial charge is 0.317 e. The van der Waals surface area contributed by atoms with Crippen LogP contribution in [0.3, 0.4) is 0 Å². The lowest BCUT2D eigenvalue weighted by Gasteiger charge is -2.35. The highest BCUT2D eigenvalue weighted by Gasteiger charge is 2.24. The third-order valence-corrected chi connectivity index (χ3v) is 4.26. The molecule has 6 nitrogen and oxygen atoms in total. The number of nitrogens with zero attached hydrogens (tertiary/aromatic N) is 3. The van der Waals surface area contributed by atoms with E-state index >= 15 is 0 Å². The Kier molecular flexibility index (Phi) is 5.24. The lowest BCUT2D eigenvalue weighted by atomic mass is 10.1. The molecule has 22 heavy (non-hydrogen) atoms. The standard InChI is InChI=1S/C16H24N4O2/c21-16(20-7-9-22-10-8-20)18-15-4-2-6-19(13-15)12-14-3-1-5-17-11-14/h1,3,5,11,15H,2,4,6-10,12-13H2,(H,18,21)/t15-/m1/s1. The molecule has 0 radical (unpaired) electrons. The van der Waals surface area contributed by atoms with Gasteiger partial charge in [-0.25, -0.2) is 4.79 Å². The van der Waals surface area contributed by atoms with Crippen LogP contribution in [-0.2, 0) is 11.3 Å². The number of amides is 2. The van der Waals surface area contributed by atoms with Gasteiger partial charge in [-0.2, -0.15) is 0 Å². The lowest BCUT2D eigenvalue weighted by molar-refractivity contribution is 0.0513. The summed E-state index contributed by atoms with van der Waals surface area (Å²) in [7, 11) is 0. The Balaban J connectivity index is 1.48. The molecular weight excluding hydrogens is 280 g/mol. The number of pyridine rings is 1. The molecule has 2 amide bonds. The van der Waals surface area contributed by atoms with Gasteiger partial charge in [0.25, 0.3) is 0 Å². The first-order valence-corrected chi connectivity index (χ1v) is 8.06. The van der Waals surface area contributed by atoms with Crippen LogP contribution < -0.4 is 5.32 Å². The number of likely N-dealkylation sites (tertiary alicyclic amines) is 1. The van der Waals surface area contributed by atoms with Crippen molar-refractivity contribution in [1.29, 1.82) is 0 Å². The Morgan fingerprint density at radius 2 is 2.23 bits per heavy atom. The molecule has 120 valence electrons. The number of piperidine rings is 1. The summed E-state index contributed by atoms with van der Waals surface area (Å²) in [6.07, 6.45) is 5.88. The minimum absolute atomic E-state index is 0.0523. The summed E-state index contributed by atoms with van der Waals surface area (Å²) < 4.78 is 5.29. The molecule has 3 rings (SSSR count). The zero-order valence-corrected chi connectivity index (χ0v) is 12.9. The molecule has 1 aromatic rings. The second kappa shape index (κ2) is 7.56. The van der Waals surface area contributed by atoms with E-state index in [1.807, 2.05) is 17.2 Å². The molecule has 3 heterocycles. The predicted octanol–water partition coefficient (Wildman–Crippen LogP) is 1.09. The van der Waals surface area contributed by atoms with Gasteiger partial charge >= 0.3 is 6.03 Å². The van der Waals surface area contributed by atoms with E-state index in [1.54, 1.807) is 6.20 Å². The van der Waals surface area contributed by atoms with Crippen molar-refractivity contribution in [2.75, 3.05) is 39.4 Å². The number of urea groups is 1. The van der Waals surface area contributed by atoms with Gasteiger partial charge in [0.1, 0.15) is 0 Å². The van der Waals surface area contributed by atoms with Gasteiger partial charge in [-0.3, -0.25) is 9.88 Å². The van der Waals surface area contributed by atoms with E-state index in [-0.39, 0.29) is 12.1 Å². The topological polar surface area (TPSA) is 57.7 Å². The molecule has 0 bridgehead atoms. The zero-order chi connectivity index (χ0) is 15.2. The maximum absolute atomic E-state index is 12.3. The normalized spacial score (nSPS) is 23.3. The van der Waals surface area contributed by atoms with Crippen molar-refractivity contribution in [3.8, 4) is 0 Å². The van der Waals surface area contributed by atoms with Gasteiger partial charge in [0.05, 0.1) is 13.2 Å². The molecule has 2 fully saturated rings. The molecular formula is C16H24N4O2. The minimum Gasteiger partial charge on any atom is -0.378 e. The molecule has 2 saturated heterocycles. The van der Waals surface area contributed by atoms with E-state index < -0.39 is 0 Å². The fourth-order valence-corrected chi connectivity index (χ4v) is 3.10. The molecule has 1 aromatic heterocycles. The van der Waals surface area contributed by atoms with Crippen LogP contribution in [0.2, 0.25) is 0 Å². The van der Waals surface area contributed by atoms with Gasteiger partial charge in [-0.1, -0.05) is 6.07 Å². The SMILES string of the molecule is O=C(N[C@@H]1CCCN(Cc2cccnc2)C1)N1CCOCC1. The molecule has 1 atom stereocenters. The van der Waals surface area contributed by atoms with Crippen LogP contribution in [0.1, 0.15) is 18.4 Å². The number of hydrogen-bond acceptors (Lipinski definition) is 4. The fraction of sp³-hybridized carbons (Fsp3) is 0.625. The Labute approximate surface area is 131 Å². The molecule has 6 heteroatoms. The van der Waals surface area contributed by atoms with Crippen molar-refractivity contribution < 1.29 is 9.53 Å². The molecule has 2 aliphatic heterocycles. The van der Waals surface area contributed by atoms with Gasteiger partial charge in [-0.05, 0) is 31.0 Å². The molecule has 0 saturated carbocycles. The molecule has 0 aromatic carbocycles. The summed E-state index contributed by atoms with van der Waals surface area (Å²) in [6, 6.07) is 4.36. The van der Waals surface area contributed by atoms with Crippen molar-refractivity contribution >= 4 is 6.03 Å². The Morgan fingerprint density at radius 1 is 1.36 bits per heavy atom. The van der Waals surface area contributed by atoms with Gasteiger partial charge in [0, 0.05) is 44.6 Å². The molecule has 2 aliphatic rings. The van der Waals surface area contributed by atoms with Crippen LogP contribution in [0.25, 0.3) is 0 Å².